The Bertz CT molecular complexity index is 793. The van der Waals surface area contributed by atoms with Crippen LogP contribution in [-0.4, -0.2) is 29.0 Å². The molecule has 1 N–H and O–H groups in total. The summed E-state index contributed by atoms with van der Waals surface area (Å²) >= 11 is 0. The number of nitrogens with one attached hydrogen (secondary N) is 1. The molecule has 1 aliphatic rings. The number of ether oxygens (including phenoxy) is 1. The van der Waals surface area contributed by atoms with Crippen LogP contribution >= 0.6 is 0 Å². The molecule has 0 radical (unpaired) electrons. The topological polar surface area (TPSA) is 93.7 Å². The molecule has 0 saturated heterocycles. The number of aryl methyl sites for hydroxylation is 1. The van der Waals surface area contributed by atoms with Crippen LogP contribution in [-0.2, 0) is 9.63 Å². The lowest BCUT2D eigenvalue weighted by atomic mass is 9.85. The summed E-state index contributed by atoms with van der Waals surface area (Å²) in [6.45, 7) is 1.84. The third-order valence-corrected chi connectivity index (χ3v) is 4.23. The molecule has 0 spiro atoms. The van der Waals surface area contributed by atoms with Crippen molar-refractivity contribution in [2.75, 3.05) is 12.2 Å². The molecule has 1 aromatic carbocycles. The fourth-order valence-corrected chi connectivity index (χ4v) is 2.57. The number of benzene rings is 1. The number of rotatable bonds is 5. The van der Waals surface area contributed by atoms with Crippen molar-refractivity contribution in [3.05, 3.63) is 42.5 Å². The SMILES string of the molecule is CON(C(=O)NC(=O)C1CCC1)c1ccc(Oc2cncnc2)c(C)c1. The molecular formula is C18H20N4O4. The van der Waals surface area contributed by atoms with Crippen LogP contribution in [0.4, 0.5) is 10.5 Å². The largest absolute Gasteiger partial charge is 0.454 e. The molecule has 2 aromatic rings. The van der Waals surface area contributed by atoms with Gasteiger partial charge in [-0.1, -0.05) is 6.42 Å². The van der Waals surface area contributed by atoms with E-state index in [1.54, 1.807) is 30.6 Å². The zero-order valence-corrected chi connectivity index (χ0v) is 14.6. The Morgan fingerprint density at radius 3 is 2.54 bits per heavy atom. The molecule has 1 heterocycles. The highest BCUT2D eigenvalue weighted by atomic mass is 16.7. The lowest BCUT2D eigenvalue weighted by molar-refractivity contribution is -0.126. The molecule has 3 rings (SSSR count). The second-order valence-corrected chi connectivity index (χ2v) is 6.03. The minimum atomic E-state index is -0.617. The van der Waals surface area contributed by atoms with Gasteiger partial charge in [0.1, 0.15) is 12.1 Å². The van der Waals surface area contributed by atoms with Crippen molar-refractivity contribution < 1.29 is 19.2 Å². The van der Waals surface area contributed by atoms with E-state index < -0.39 is 6.03 Å². The van der Waals surface area contributed by atoms with Gasteiger partial charge < -0.3 is 4.74 Å². The predicted molar refractivity (Wildman–Crippen MR) is 93.7 cm³/mol. The highest BCUT2D eigenvalue weighted by Crippen LogP contribution is 2.29. The van der Waals surface area contributed by atoms with Crippen LogP contribution in [0.5, 0.6) is 11.5 Å². The fraction of sp³-hybridized carbons (Fsp3) is 0.333. The van der Waals surface area contributed by atoms with Crippen LogP contribution in [0.1, 0.15) is 24.8 Å². The second kappa shape index (κ2) is 7.92. The van der Waals surface area contributed by atoms with E-state index in [0.29, 0.717) is 17.2 Å². The number of urea groups is 1. The molecule has 0 unspecified atom stereocenters. The average Bonchev–Trinajstić information content (AvgIpc) is 2.57. The quantitative estimate of drug-likeness (QED) is 0.828. The number of aromatic nitrogens is 2. The lowest BCUT2D eigenvalue weighted by Crippen LogP contribution is -2.46. The van der Waals surface area contributed by atoms with Crippen molar-refractivity contribution in [3.63, 3.8) is 0 Å². The van der Waals surface area contributed by atoms with Gasteiger partial charge in [-0.3, -0.25) is 14.9 Å². The monoisotopic (exact) mass is 356 g/mol. The first-order valence-electron chi connectivity index (χ1n) is 8.31. The molecule has 1 fully saturated rings. The van der Waals surface area contributed by atoms with E-state index in [1.165, 1.54) is 13.4 Å². The van der Waals surface area contributed by atoms with E-state index in [9.17, 15) is 9.59 Å². The first kappa shape index (κ1) is 17.8. The third-order valence-electron chi connectivity index (χ3n) is 4.23. The lowest BCUT2D eigenvalue weighted by Gasteiger charge is -2.26. The normalized spacial score (nSPS) is 13.6. The van der Waals surface area contributed by atoms with Crippen LogP contribution in [0.2, 0.25) is 0 Å². The molecule has 8 heteroatoms. The van der Waals surface area contributed by atoms with Gasteiger partial charge in [0.2, 0.25) is 5.91 Å². The van der Waals surface area contributed by atoms with E-state index >= 15 is 0 Å². The number of nitrogens with zero attached hydrogens (tertiary/aromatic N) is 3. The third kappa shape index (κ3) is 3.97. The summed E-state index contributed by atoms with van der Waals surface area (Å²) in [6, 6.07) is 4.50. The van der Waals surface area contributed by atoms with Crippen LogP contribution in [0.3, 0.4) is 0 Å². The Balaban J connectivity index is 1.71. The van der Waals surface area contributed by atoms with Gasteiger partial charge >= 0.3 is 6.03 Å². The summed E-state index contributed by atoms with van der Waals surface area (Å²) in [7, 11) is 1.37. The van der Waals surface area contributed by atoms with E-state index in [4.69, 9.17) is 9.57 Å². The minimum absolute atomic E-state index is 0.0803. The van der Waals surface area contributed by atoms with Crippen LogP contribution in [0.25, 0.3) is 0 Å². The molecule has 1 aliphatic carbocycles. The first-order chi connectivity index (χ1) is 12.6. The Morgan fingerprint density at radius 1 is 1.23 bits per heavy atom. The summed E-state index contributed by atoms with van der Waals surface area (Å²) in [4.78, 5) is 37.2. The van der Waals surface area contributed by atoms with Crippen molar-refractivity contribution in [1.82, 2.24) is 15.3 Å². The van der Waals surface area contributed by atoms with E-state index in [2.05, 4.69) is 15.3 Å². The standard InChI is InChI=1S/C18H20N4O4/c1-12-8-14(6-7-16(12)26-15-9-19-11-20-10-15)22(25-2)18(24)21-17(23)13-4-3-5-13/h6-11,13H,3-5H2,1-2H3,(H,21,23,24). The van der Waals surface area contributed by atoms with Crippen LogP contribution in [0, 0.1) is 12.8 Å². The van der Waals surface area contributed by atoms with Gasteiger partial charge in [-0.05, 0) is 43.5 Å². The molecule has 26 heavy (non-hydrogen) atoms. The van der Waals surface area contributed by atoms with Crippen molar-refractivity contribution >= 4 is 17.6 Å². The summed E-state index contributed by atoms with van der Waals surface area (Å²) in [6.07, 6.45) is 7.19. The summed E-state index contributed by atoms with van der Waals surface area (Å²) in [5, 5.41) is 3.42. The molecule has 0 bridgehead atoms. The summed E-state index contributed by atoms with van der Waals surface area (Å²) < 4.78 is 5.72. The average molecular weight is 356 g/mol. The number of carbonyl (C=O) groups excluding carboxylic acids is 2. The summed E-state index contributed by atoms with van der Waals surface area (Å²) in [5.41, 5.74) is 1.27. The van der Waals surface area contributed by atoms with Crippen LogP contribution in [0.15, 0.2) is 36.9 Å². The van der Waals surface area contributed by atoms with Gasteiger partial charge in [0, 0.05) is 5.92 Å². The number of hydrogen-bond donors (Lipinski definition) is 1. The van der Waals surface area contributed by atoms with Gasteiger partial charge in [0.25, 0.3) is 0 Å². The number of amides is 3. The maximum absolute atomic E-state index is 12.3. The molecular weight excluding hydrogens is 336 g/mol. The van der Waals surface area contributed by atoms with E-state index in [-0.39, 0.29) is 11.8 Å². The number of hydroxylamine groups is 1. The maximum atomic E-state index is 12.3. The van der Waals surface area contributed by atoms with Crippen molar-refractivity contribution in [1.29, 1.82) is 0 Å². The number of hydrogen-bond acceptors (Lipinski definition) is 6. The Morgan fingerprint density at radius 2 is 1.96 bits per heavy atom. The van der Waals surface area contributed by atoms with E-state index in [0.717, 1.165) is 29.9 Å². The maximum Gasteiger partial charge on any atom is 0.352 e. The highest BCUT2D eigenvalue weighted by Gasteiger charge is 2.28. The van der Waals surface area contributed by atoms with Gasteiger partial charge in [-0.25, -0.2) is 14.8 Å². The molecule has 8 nitrogen and oxygen atoms in total. The molecule has 1 saturated carbocycles. The van der Waals surface area contributed by atoms with Gasteiger partial charge in [0.05, 0.1) is 25.2 Å². The number of imide groups is 1. The predicted octanol–water partition coefficient (Wildman–Crippen LogP) is 2.98. The summed E-state index contributed by atoms with van der Waals surface area (Å²) in [5.74, 6) is 0.772. The van der Waals surface area contributed by atoms with Crippen molar-refractivity contribution in [3.8, 4) is 11.5 Å². The Labute approximate surface area is 151 Å². The Hall–Kier alpha value is -3.00. The zero-order chi connectivity index (χ0) is 18.5. The molecule has 0 atom stereocenters. The van der Waals surface area contributed by atoms with Crippen LogP contribution < -0.4 is 15.1 Å². The first-order valence-corrected chi connectivity index (χ1v) is 8.31. The minimum Gasteiger partial charge on any atom is -0.454 e. The molecule has 1 aromatic heterocycles. The molecule has 0 aliphatic heterocycles. The second-order valence-electron chi connectivity index (χ2n) is 6.03. The fourth-order valence-electron chi connectivity index (χ4n) is 2.57. The number of carbonyl (C=O) groups is 2. The van der Waals surface area contributed by atoms with Gasteiger partial charge in [0.15, 0.2) is 5.75 Å². The zero-order valence-electron chi connectivity index (χ0n) is 14.6. The Kier molecular flexibility index (Phi) is 5.43. The van der Waals surface area contributed by atoms with Gasteiger partial charge in [-0.2, -0.15) is 5.06 Å². The smallest absolute Gasteiger partial charge is 0.352 e. The van der Waals surface area contributed by atoms with E-state index in [1.807, 2.05) is 6.92 Å². The molecule has 3 amide bonds. The van der Waals surface area contributed by atoms with Crippen molar-refractivity contribution in [2.24, 2.45) is 5.92 Å². The van der Waals surface area contributed by atoms with Crippen molar-refractivity contribution in [2.45, 2.75) is 26.2 Å². The highest BCUT2D eigenvalue weighted by molar-refractivity contribution is 6.02. The number of anilines is 1. The van der Waals surface area contributed by atoms with Gasteiger partial charge in [-0.15, -0.1) is 0 Å². The molecule has 136 valence electrons.